The molecule has 302 valence electrons. The molecule has 0 spiro atoms. The highest BCUT2D eigenvalue weighted by Gasteiger charge is 2.34. The van der Waals surface area contributed by atoms with Crippen molar-refractivity contribution in [2.45, 2.75) is 19.0 Å². The summed E-state index contributed by atoms with van der Waals surface area (Å²) in [6.07, 6.45) is 8.51. The number of para-hydroxylation sites is 2. The van der Waals surface area contributed by atoms with Crippen molar-refractivity contribution < 1.29 is 0 Å². The van der Waals surface area contributed by atoms with Crippen LogP contribution >= 0.6 is 0 Å². The number of aromatic nitrogens is 2. The van der Waals surface area contributed by atoms with Crippen LogP contribution in [0.2, 0.25) is 0 Å². The van der Waals surface area contributed by atoms with Gasteiger partial charge in [-0.25, -0.2) is 4.98 Å². The van der Waals surface area contributed by atoms with E-state index in [0.717, 1.165) is 52.4 Å². The molecule has 0 fully saturated rings. The van der Waals surface area contributed by atoms with Gasteiger partial charge in [0.1, 0.15) is 6.17 Å². The monoisotopic (exact) mass is 818 g/mol. The fourth-order valence-electron chi connectivity index (χ4n) is 10.6. The quantitative estimate of drug-likeness (QED) is 0.170. The van der Waals surface area contributed by atoms with E-state index in [-0.39, 0.29) is 6.17 Å². The summed E-state index contributed by atoms with van der Waals surface area (Å²) in [5.74, 6) is 0.913. The predicted molar refractivity (Wildman–Crippen MR) is 269 cm³/mol. The number of allylic oxidation sites excluding steroid dienone is 1. The highest BCUT2D eigenvalue weighted by Crippen LogP contribution is 2.50. The molecule has 9 aromatic carbocycles. The zero-order valence-electron chi connectivity index (χ0n) is 35.1. The van der Waals surface area contributed by atoms with Gasteiger partial charge in [0.25, 0.3) is 0 Å². The molecule has 4 nitrogen and oxygen atoms in total. The van der Waals surface area contributed by atoms with Crippen molar-refractivity contribution in [1.29, 1.82) is 0 Å². The number of rotatable bonds is 6. The third kappa shape index (κ3) is 5.73. The molecule has 1 aliphatic heterocycles. The zero-order chi connectivity index (χ0) is 42.1. The molecule has 64 heavy (non-hydrogen) atoms. The molecule has 0 saturated heterocycles. The molecule has 4 heteroatoms. The minimum Gasteiger partial charge on any atom is -0.358 e. The SMILES string of the molecule is C1=Cc2c(c3ccccc3n2-c2cccc(-c3ccnc4c3NC(c3ccc(-c5c6ccccc6c(-c6ccc7ccccc7c6)c6ccccc56)cc3)N4c3ccccc3)c2)CC1. The lowest BCUT2D eigenvalue weighted by Gasteiger charge is -2.26. The maximum atomic E-state index is 5.08. The van der Waals surface area contributed by atoms with Gasteiger partial charge in [-0.15, -0.1) is 0 Å². The Morgan fingerprint density at radius 3 is 1.91 bits per heavy atom. The van der Waals surface area contributed by atoms with E-state index in [1.54, 1.807) is 0 Å². The highest BCUT2D eigenvalue weighted by atomic mass is 15.4. The molecular formula is C60H42N4. The first-order valence-electron chi connectivity index (χ1n) is 22.3. The van der Waals surface area contributed by atoms with E-state index in [2.05, 4.69) is 227 Å². The van der Waals surface area contributed by atoms with Gasteiger partial charge in [0, 0.05) is 34.2 Å². The molecule has 2 aliphatic rings. The Labute approximate surface area is 372 Å². The second-order valence-corrected chi connectivity index (χ2v) is 17.0. The fourth-order valence-corrected chi connectivity index (χ4v) is 10.6. The number of benzene rings is 9. The number of hydrogen-bond acceptors (Lipinski definition) is 3. The molecule has 1 atom stereocenters. The largest absolute Gasteiger partial charge is 0.358 e. The van der Waals surface area contributed by atoms with E-state index in [4.69, 9.17) is 4.98 Å². The molecule has 2 aromatic heterocycles. The zero-order valence-corrected chi connectivity index (χ0v) is 35.1. The van der Waals surface area contributed by atoms with Gasteiger partial charge in [-0.1, -0.05) is 164 Å². The van der Waals surface area contributed by atoms with Crippen LogP contribution in [-0.2, 0) is 6.42 Å². The lowest BCUT2D eigenvalue weighted by Crippen LogP contribution is -2.23. The van der Waals surface area contributed by atoms with Gasteiger partial charge in [-0.2, -0.15) is 0 Å². The van der Waals surface area contributed by atoms with Gasteiger partial charge >= 0.3 is 0 Å². The van der Waals surface area contributed by atoms with E-state index in [9.17, 15) is 0 Å². The van der Waals surface area contributed by atoms with Crippen molar-refractivity contribution >= 4 is 66.5 Å². The number of hydrogen-bond donors (Lipinski definition) is 1. The standard InChI is InChI=1S/C60H42N4/c1-2-18-45(19-3-1)64-59(62-58-47(35-36-61-60(58)64)43-17-14-20-46(38-43)63-54-27-12-10-21-48(54)49-22-11-13-28-55(49)63)41-32-30-40(31-33-41)56-50-23-6-8-25-52(50)57(53-26-9-7-24-51(53)56)44-34-29-39-15-4-5-16-42(39)37-44/h1-10,12-21,23-38,59,62H,11,22H2. The van der Waals surface area contributed by atoms with Crippen LogP contribution in [0, 0.1) is 0 Å². The smallest absolute Gasteiger partial charge is 0.159 e. The fraction of sp³-hybridized carbons (Fsp3) is 0.0500. The minimum absolute atomic E-state index is 0.183. The van der Waals surface area contributed by atoms with Crippen LogP contribution in [0.4, 0.5) is 17.2 Å². The molecule has 1 N–H and O–H groups in total. The molecule has 0 radical (unpaired) electrons. The van der Waals surface area contributed by atoms with Gasteiger partial charge in [0.15, 0.2) is 5.82 Å². The third-order valence-electron chi connectivity index (χ3n) is 13.5. The first kappa shape index (κ1) is 36.4. The van der Waals surface area contributed by atoms with Crippen LogP contribution in [0.1, 0.15) is 29.4 Å². The predicted octanol–water partition coefficient (Wildman–Crippen LogP) is 15.7. The summed E-state index contributed by atoms with van der Waals surface area (Å²) in [5.41, 5.74) is 15.6. The van der Waals surface area contributed by atoms with Crippen molar-refractivity contribution in [3.05, 3.63) is 229 Å². The topological polar surface area (TPSA) is 33.1 Å². The Hall–Kier alpha value is -8.21. The number of nitrogens with one attached hydrogen (secondary N) is 1. The van der Waals surface area contributed by atoms with Crippen molar-refractivity contribution in [1.82, 2.24) is 9.55 Å². The van der Waals surface area contributed by atoms with Crippen molar-refractivity contribution in [2.75, 3.05) is 10.2 Å². The van der Waals surface area contributed by atoms with E-state index >= 15 is 0 Å². The molecular weight excluding hydrogens is 777 g/mol. The van der Waals surface area contributed by atoms with Crippen molar-refractivity contribution in [2.24, 2.45) is 0 Å². The average molecular weight is 819 g/mol. The van der Waals surface area contributed by atoms with Crippen LogP contribution in [0.5, 0.6) is 0 Å². The first-order chi connectivity index (χ1) is 31.8. The number of nitrogens with zero attached hydrogens (tertiary/aromatic N) is 3. The van der Waals surface area contributed by atoms with Crippen LogP contribution in [0.15, 0.2) is 212 Å². The summed E-state index contributed by atoms with van der Waals surface area (Å²) in [6.45, 7) is 0. The maximum Gasteiger partial charge on any atom is 0.159 e. The van der Waals surface area contributed by atoms with Gasteiger partial charge in [-0.05, 0) is 133 Å². The van der Waals surface area contributed by atoms with Gasteiger partial charge < -0.3 is 9.88 Å². The highest BCUT2D eigenvalue weighted by molar-refractivity contribution is 6.21. The summed E-state index contributed by atoms with van der Waals surface area (Å²) in [7, 11) is 0. The third-order valence-corrected chi connectivity index (χ3v) is 13.5. The summed E-state index contributed by atoms with van der Waals surface area (Å²) >= 11 is 0. The first-order valence-corrected chi connectivity index (χ1v) is 22.3. The van der Waals surface area contributed by atoms with E-state index < -0.39 is 0 Å². The molecule has 0 saturated carbocycles. The molecule has 1 unspecified atom stereocenters. The van der Waals surface area contributed by atoms with Gasteiger partial charge in [0.05, 0.1) is 11.2 Å². The Bertz CT molecular complexity index is 3600. The average Bonchev–Trinajstić information content (AvgIpc) is 3.93. The van der Waals surface area contributed by atoms with E-state index in [0.29, 0.717) is 0 Å². The van der Waals surface area contributed by atoms with E-state index in [1.165, 1.54) is 76.7 Å². The molecule has 1 aliphatic carbocycles. The second-order valence-electron chi connectivity index (χ2n) is 17.0. The van der Waals surface area contributed by atoms with E-state index in [1.807, 2.05) is 6.20 Å². The maximum absolute atomic E-state index is 5.08. The Balaban J connectivity index is 0.915. The lowest BCUT2D eigenvalue weighted by molar-refractivity contribution is 0.820. The van der Waals surface area contributed by atoms with Crippen molar-refractivity contribution in [3.63, 3.8) is 0 Å². The van der Waals surface area contributed by atoms with Crippen molar-refractivity contribution in [3.8, 4) is 39.1 Å². The molecule has 0 amide bonds. The summed E-state index contributed by atoms with van der Waals surface area (Å²) < 4.78 is 2.43. The normalized spacial score (nSPS) is 14.3. The summed E-state index contributed by atoms with van der Waals surface area (Å²) in [5, 5.41) is 12.8. The molecule has 11 aromatic rings. The number of aryl methyl sites for hydroxylation is 1. The van der Waals surface area contributed by atoms with Gasteiger partial charge in [0.2, 0.25) is 0 Å². The minimum atomic E-state index is -0.183. The van der Waals surface area contributed by atoms with Crippen LogP contribution in [0.25, 0.3) is 88.4 Å². The molecule has 0 bridgehead atoms. The Morgan fingerprint density at radius 1 is 0.500 bits per heavy atom. The molecule has 3 heterocycles. The molecule has 13 rings (SSSR count). The summed E-state index contributed by atoms with van der Waals surface area (Å²) in [4.78, 5) is 7.43. The Morgan fingerprint density at radius 2 is 1.14 bits per heavy atom. The Kier molecular flexibility index (Phi) is 8.38. The number of fused-ring (bicyclic) bond motifs is 7. The van der Waals surface area contributed by atoms with Crippen LogP contribution in [0.3, 0.4) is 0 Å². The number of pyridine rings is 1. The van der Waals surface area contributed by atoms with Crippen LogP contribution in [-0.4, -0.2) is 9.55 Å². The second kappa shape index (κ2) is 14.7. The van der Waals surface area contributed by atoms with Crippen LogP contribution < -0.4 is 10.2 Å². The number of anilines is 3. The van der Waals surface area contributed by atoms with Gasteiger partial charge in [-0.3, -0.25) is 4.90 Å². The summed E-state index contributed by atoms with van der Waals surface area (Å²) in [6, 6.07) is 73.1. The lowest BCUT2D eigenvalue weighted by atomic mass is 9.85.